The molecule has 0 aliphatic carbocycles. The van der Waals surface area contributed by atoms with Gasteiger partial charge in [-0.15, -0.1) is 0 Å². The van der Waals surface area contributed by atoms with Crippen LogP contribution in [0.5, 0.6) is 11.5 Å². The third-order valence-corrected chi connectivity index (χ3v) is 6.61. The second-order valence-corrected chi connectivity index (χ2v) is 9.27. The number of H-pyrrole nitrogens is 1. The van der Waals surface area contributed by atoms with E-state index in [9.17, 15) is 32.3 Å². The predicted octanol–water partition coefficient (Wildman–Crippen LogP) is 3.04. The molecule has 2 heterocycles. The minimum Gasteiger partial charge on any atom is -0.490 e. The normalized spacial score (nSPS) is 16.2. The topological polar surface area (TPSA) is 132 Å². The van der Waals surface area contributed by atoms with E-state index in [0.29, 0.717) is 35.8 Å². The number of aromatic nitrogens is 2. The number of carbonyl (C=O) groups excluding carboxylic acids is 2. The smallest absolute Gasteiger partial charge is 0.425 e. The lowest BCUT2D eigenvalue weighted by Crippen LogP contribution is -2.62. The molecule has 3 aromatic rings. The highest BCUT2D eigenvalue weighted by Gasteiger charge is 2.68. The lowest BCUT2D eigenvalue weighted by Gasteiger charge is -2.30. The second-order valence-electron chi connectivity index (χ2n) is 9.27. The van der Waals surface area contributed by atoms with Crippen molar-refractivity contribution in [1.29, 1.82) is 0 Å². The fourth-order valence-electron chi connectivity index (χ4n) is 4.70. The number of amides is 2. The van der Waals surface area contributed by atoms with E-state index in [2.05, 4.69) is 0 Å². The Bertz CT molecular complexity index is 1550. The number of benzene rings is 2. The third kappa shape index (κ3) is 5.83. The van der Waals surface area contributed by atoms with Crippen molar-refractivity contribution < 1.29 is 32.2 Å². The van der Waals surface area contributed by atoms with Gasteiger partial charge in [0, 0.05) is 13.0 Å². The molecule has 218 valence electrons. The number of aryl methyl sites for hydroxylation is 2. The Morgan fingerprint density at radius 3 is 2.29 bits per heavy atom. The molecule has 0 saturated heterocycles. The van der Waals surface area contributed by atoms with E-state index in [-0.39, 0.29) is 25.8 Å². The summed E-state index contributed by atoms with van der Waals surface area (Å²) >= 11 is 0. The van der Waals surface area contributed by atoms with Gasteiger partial charge >= 0.3 is 11.9 Å². The van der Waals surface area contributed by atoms with Gasteiger partial charge in [-0.25, -0.2) is 4.79 Å². The minimum absolute atomic E-state index is 0.108. The molecule has 1 aliphatic heterocycles. The number of aromatic amines is 1. The van der Waals surface area contributed by atoms with Crippen LogP contribution in [0.15, 0.2) is 58.1 Å². The molecule has 0 radical (unpaired) electrons. The van der Waals surface area contributed by atoms with Gasteiger partial charge in [0.25, 0.3) is 11.5 Å². The summed E-state index contributed by atoms with van der Waals surface area (Å²) in [5.74, 6) is -2.44. The molecular formula is C28H29F3N4O6. The molecule has 2 aromatic carbocycles. The van der Waals surface area contributed by atoms with Crippen molar-refractivity contribution in [2.45, 2.75) is 51.4 Å². The fraction of sp³-hybridized carbons (Fsp3) is 0.357. The monoisotopic (exact) mass is 574 g/mol. The van der Waals surface area contributed by atoms with E-state index in [4.69, 9.17) is 9.47 Å². The summed E-state index contributed by atoms with van der Waals surface area (Å²) in [5, 5.41) is 3.81. The molecule has 0 saturated carbocycles. The minimum atomic E-state index is -5.40. The Morgan fingerprint density at radius 2 is 1.63 bits per heavy atom. The first-order valence-electron chi connectivity index (χ1n) is 13.0. The number of fused-ring (bicyclic) bond motifs is 1. The molecule has 3 N–H and O–H groups in total. The molecule has 13 heteroatoms. The highest BCUT2D eigenvalue weighted by molar-refractivity contribution is 6.07. The Balaban J connectivity index is 1.67. The third-order valence-electron chi connectivity index (χ3n) is 6.61. The van der Waals surface area contributed by atoms with E-state index < -0.39 is 46.2 Å². The van der Waals surface area contributed by atoms with Gasteiger partial charge in [0.2, 0.25) is 11.4 Å². The number of hydrogen-bond donors (Lipinski definition) is 3. The molecule has 2 amide bonds. The number of anilines is 1. The molecule has 1 aromatic heterocycles. The maximum Gasteiger partial charge on any atom is 0.425 e. The van der Waals surface area contributed by atoms with Crippen LogP contribution in [0.1, 0.15) is 37.0 Å². The molecule has 0 fully saturated rings. The van der Waals surface area contributed by atoms with Crippen LogP contribution in [-0.2, 0) is 34.5 Å². The summed E-state index contributed by atoms with van der Waals surface area (Å²) in [5.41, 5.74) is -5.86. The maximum absolute atomic E-state index is 14.6. The number of carbonyl (C=O) groups is 2. The lowest BCUT2D eigenvalue weighted by atomic mass is 9.91. The Hall–Kier alpha value is -4.55. The van der Waals surface area contributed by atoms with E-state index in [0.717, 1.165) is 4.57 Å². The zero-order valence-electron chi connectivity index (χ0n) is 22.4. The Kier molecular flexibility index (Phi) is 8.55. The molecular weight excluding hydrogens is 545 g/mol. The molecule has 10 nitrogen and oxygen atoms in total. The van der Waals surface area contributed by atoms with Crippen LogP contribution < -0.4 is 31.4 Å². The van der Waals surface area contributed by atoms with Crippen molar-refractivity contribution in [3.05, 3.63) is 86.1 Å². The van der Waals surface area contributed by atoms with Crippen molar-refractivity contribution >= 4 is 17.6 Å². The SMILES string of the molecule is CCOc1ccc(CCn2c3c(c(=O)[nH]c2=O)[C@@](NC(=O)CCc2ccccc2)(C(F)(F)F)C(=O)N3)cc1OCC. The second kappa shape index (κ2) is 11.9. The van der Waals surface area contributed by atoms with Gasteiger partial charge in [-0.1, -0.05) is 36.4 Å². The lowest BCUT2D eigenvalue weighted by molar-refractivity contribution is -0.200. The van der Waals surface area contributed by atoms with Crippen molar-refractivity contribution in [2.24, 2.45) is 0 Å². The summed E-state index contributed by atoms with van der Waals surface area (Å²) in [6.07, 6.45) is -5.54. The van der Waals surface area contributed by atoms with Crippen LogP contribution in [-0.4, -0.2) is 40.8 Å². The Morgan fingerprint density at radius 1 is 0.951 bits per heavy atom. The number of nitrogens with zero attached hydrogens (tertiary/aromatic N) is 1. The van der Waals surface area contributed by atoms with Crippen molar-refractivity contribution in [3.8, 4) is 11.5 Å². The number of ether oxygens (including phenoxy) is 2. The van der Waals surface area contributed by atoms with Crippen molar-refractivity contribution in [1.82, 2.24) is 14.9 Å². The van der Waals surface area contributed by atoms with Gasteiger partial charge < -0.3 is 20.1 Å². The van der Waals surface area contributed by atoms with Gasteiger partial charge in [0.1, 0.15) is 11.4 Å². The van der Waals surface area contributed by atoms with Crippen LogP contribution in [0.2, 0.25) is 0 Å². The molecule has 41 heavy (non-hydrogen) atoms. The molecule has 0 unspecified atom stereocenters. The quantitative estimate of drug-likeness (QED) is 0.323. The molecule has 0 bridgehead atoms. The zero-order valence-corrected chi connectivity index (χ0v) is 22.4. The number of halogens is 3. The first-order chi connectivity index (χ1) is 19.5. The van der Waals surface area contributed by atoms with Gasteiger partial charge in [0.15, 0.2) is 11.5 Å². The summed E-state index contributed by atoms with van der Waals surface area (Å²) < 4.78 is 55.8. The first-order valence-corrected chi connectivity index (χ1v) is 13.0. The zero-order chi connectivity index (χ0) is 29.8. The highest BCUT2D eigenvalue weighted by atomic mass is 19.4. The molecule has 0 spiro atoms. The van der Waals surface area contributed by atoms with Crippen LogP contribution >= 0.6 is 0 Å². The molecule has 4 rings (SSSR count). The average molecular weight is 575 g/mol. The highest BCUT2D eigenvalue weighted by Crippen LogP contribution is 2.45. The average Bonchev–Trinajstić information content (AvgIpc) is 3.22. The number of nitrogens with one attached hydrogen (secondary N) is 3. The maximum atomic E-state index is 14.6. The van der Waals surface area contributed by atoms with E-state index >= 15 is 0 Å². The van der Waals surface area contributed by atoms with Crippen LogP contribution in [0.3, 0.4) is 0 Å². The largest absolute Gasteiger partial charge is 0.490 e. The van der Waals surface area contributed by atoms with Gasteiger partial charge in [-0.2, -0.15) is 13.2 Å². The molecule has 1 atom stereocenters. The van der Waals surface area contributed by atoms with Crippen molar-refractivity contribution in [3.63, 3.8) is 0 Å². The summed E-state index contributed by atoms with van der Waals surface area (Å²) in [4.78, 5) is 53.1. The van der Waals surface area contributed by atoms with Gasteiger partial charge in [-0.05, 0) is 49.9 Å². The summed E-state index contributed by atoms with van der Waals surface area (Å²) in [6.45, 7) is 4.17. The number of alkyl halides is 3. The van der Waals surface area contributed by atoms with E-state index in [1.54, 1.807) is 60.8 Å². The first kappa shape index (κ1) is 29.4. The number of rotatable bonds is 11. The summed E-state index contributed by atoms with van der Waals surface area (Å²) in [6, 6.07) is 13.6. The number of hydrogen-bond acceptors (Lipinski definition) is 6. The van der Waals surface area contributed by atoms with Gasteiger partial charge in [0.05, 0.1) is 13.2 Å². The van der Waals surface area contributed by atoms with Crippen LogP contribution in [0.25, 0.3) is 0 Å². The van der Waals surface area contributed by atoms with Crippen molar-refractivity contribution in [2.75, 3.05) is 18.5 Å². The van der Waals surface area contributed by atoms with Gasteiger partial charge in [-0.3, -0.25) is 23.9 Å². The standard InChI is InChI=1S/C28H29F3N4O6/c1-3-40-19-12-10-18(16-20(19)41-4-2)14-15-35-23-22(24(37)33-26(35)39)27(25(38)32-23,28(29,30)31)34-21(36)13-11-17-8-6-5-7-9-17/h5-10,12,16H,3-4,11,13-15H2,1-2H3,(H,32,38)(H,34,36)(H,33,37,39)/t27-/m0/s1. The predicted molar refractivity (Wildman–Crippen MR) is 143 cm³/mol. The van der Waals surface area contributed by atoms with E-state index in [1.165, 1.54) is 0 Å². The molecule has 1 aliphatic rings. The van der Waals surface area contributed by atoms with Crippen LogP contribution in [0.4, 0.5) is 19.0 Å². The van der Waals surface area contributed by atoms with Crippen LogP contribution in [0, 0.1) is 0 Å². The fourth-order valence-corrected chi connectivity index (χ4v) is 4.70. The van der Waals surface area contributed by atoms with E-state index in [1.807, 2.05) is 17.2 Å². The Labute approximate surface area is 232 Å². The summed E-state index contributed by atoms with van der Waals surface area (Å²) in [7, 11) is 0.